The topological polar surface area (TPSA) is 72.0 Å². The molecule has 0 radical (unpaired) electrons. The summed E-state index contributed by atoms with van der Waals surface area (Å²) >= 11 is 0. The predicted octanol–water partition coefficient (Wildman–Crippen LogP) is 2.82. The number of benzene rings is 2. The summed E-state index contributed by atoms with van der Waals surface area (Å²) in [6, 6.07) is 14.4. The van der Waals surface area contributed by atoms with Crippen molar-refractivity contribution >= 4 is 28.4 Å². The van der Waals surface area contributed by atoms with Gasteiger partial charge < -0.3 is 15.4 Å². The third kappa shape index (κ3) is 2.69. The van der Waals surface area contributed by atoms with Crippen LogP contribution in [0, 0.1) is 0 Å². The standard InChI is InChI=1S/C15H15N5O/c1-16-13-18-14(20-15(19-13)21-2)17-12-9-5-7-10-6-3-4-8-11(10)12/h3-9H,1-2H3,(H2,16,17,18,19,20). The predicted molar refractivity (Wildman–Crippen MR) is 83.2 cm³/mol. The number of hydrogen-bond acceptors (Lipinski definition) is 6. The minimum atomic E-state index is 0.261. The quantitative estimate of drug-likeness (QED) is 0.766. The zero-order valence-electron chi connectivity index (χ0n) is 11.8. The zero-order valence-corrected chi connectivity index (χ0v) is 11.8. The molecule has 0 aliphatic rings. The van der Waals surface area contributed by atoms with Gasteiger partial charge in [-0.15, -0.1) is 0 Å². The smallest absolute Gasteiger partial charge is 0.322 e. The fraction of sp³-hybridized carbons (Fsp3) is 0.133. The van der Waals surface area contributed by atoms with Gasteiger partial charge in [0.05, 0.1) is 7.11 Å². The number of nitrogens with one attached hydrogen (secondary N) is 2. The van der Waals surface area contributed by atoms with Crippen LogP contribution in [-0.2, 0) is 0 Å². The molecule has 2 aromatic carbocycles. The Kier molecular flexibility index (Phi) is 3.51. The average Bonchev–Trinajstić information content (AvgIpc) is 2.55. The van der Waals surface area contributed by atoms with Crippen molar-refractivity contribution in [2.75, 3.05) is 24.8 Å². The van der Waals surface area contributed by atoms with Gasteiger partial charge in [-0.1, -0.05) is 36.4 Å². The molecule has 3 aromatic rings. The normalized spacial score (nSPS) is 10.4. The molecule has 0 saturated carbocycles. The first-order valence-corrected chi connectivity index (χ1v) is 6.53. The monoisotopic (exact) mass is 281 g/mol. The molecule has 0 bridgehead atoms. The summed E-state index contributed by atoms with van der Waals surface area (Å²) in [5.74, 6) is 0.882. The summed E-state index contributed by atoms with van der Waals surface area (Å²) in [5, 5.41) is 8.35. The number of aromatic nitrogens is 3. The maximum atomic E-state index is 5.08. The third-order valence-corrected chi connectivity index (χ3v) is 3.06. The highest BCUT2D eigenvalue weighted by Crippen LogP contribution is 2.25. The number of ether oxygens (including phenoxy) is 1. The van der Waals surface area contributed by atoms with Crippen LogP contribution in [0.4, 0.5) is 17.6 Å². The van der Waals surface area contributed by atoms with Gasteiger partial charge in [-0.25, -0.2) is 0 Å². The van der Waals surface area contributed by atoms with E-state index in [1.807, 2.05) is 24.3 Å². The van der Waals surface area contributed by atoms with Gasteiger partial charge >= 0.3 is 6.01 Å². The first kappa shape index (κ1) is 13.1. The lowest BCUT2D eigenvalue weighted by atomic mass is 10.1. The van der Waals surface area contributed by atoms with Gasteiger partial charge in [-0.05, 0) is 11.5 Å². The Morgan fingerprint density at radius 3 is 2.48 bits per heavy atom. The van der Waals surface area contributed by atoms with Crippen molar-refractivity contribution < 1.29 is 4.74 Å². The first-order valence-electron chi connectivity index (χ1n) is 6.53. The molecule has 2 N–H and O–H groups in total. The highest BCUT2D eigenvalue weighted by atomic mass is 16.5. The lowest BCUT2D eigenvalue weighted by Crippen LogP contribution is -2.05. The molecule has 6 nitrogen and oxygen atoms in total. The number of nitrogens with zero attached hydrogens (tertiary/aromatic N) is 3. The Morgan fingerprint density at radius 2 is 1.67 bits per heavy atom. The third-order valence-electron chi connectivity index (χ3n) is 3.06. The van der Waals surface area contributed by atoms with Crippen LogP contribution in [0.25, 0.3) is 10.8 Å². The van der Waals surface area contributed by atoms with Crippen molar-refractivity contribution in [3.05, 3.63) is 42.5 Å². The Bertz CT molecular complexity index is 747. The SMILES string of the molecule is CNc1nc(Nc2cccc3ccccc23)nc(OC)n1. The molecule has 1 aromatic heterocycles. The molecule has 0 unspecified atom stereocenters. The van der Waals surface area contributed by atoms with E-state index in [2.05, 4.69) is 43.8 Å². The summed E-state index contributed by atoms with van der Waals surface area (Å²) < 4.78 is 5.08. The molecular weight excluding hydrogens is 266 g/mol. The lowest BCUT2D eigenvalue weighted by Gasteiger charge is -2.10. The van der Waals surface area contributed by atoms with Crippen LogP contribution in [0.5, 0.6) is 6.01 Å². The number of anilines is 3. The number of hydrogen-bond donors (Lipinski definition) is 2. The van der Waals surface area contributed by atoms with E-state index in [0.29, 0.717) is 11.9 Å². The van der Waals surface area contributed by atoms with E-state index < -0.39 is 0 Å². The van der Waals surface area contributed by atoms with E-state index in [1.54, 1.807) is 7.05 Å². The molecule has 0 aliphatic carbocycles. The lowest BCUT2D eigenvalue weighted by molar-refractivity contribution is 0.379. The summed E-state index contributed by atoms with van der Waals surface area (Å²) in [5.41, 5.74) is 0.934. The number of rotatable bonds is 4. The molecule has 106 valence electrons. The van der Waals surface area contributed by atoms with Gasteiger partial charge in [-0.3, -0.25) is 0 Å². The second-order valence-electron chi connectivity index (χ2n) is 4.37. The highest BCUT2D eigenvalue weighted by molar-refractivity contribution is 5.94. The Balaban J connectivity index is 2.02. The van der Waals surface area contributed by atoms with E-state index in [1.165, 1.54) is 7.11 Å². The molecular formula is C15H15N5O. The second kappa shape index (κ2) is 5.62. The minimum absolute atomic E-state index is 0.261. The summed E-state index contributed by atoms with van der Waals surface area (Å²) in [4.78, 5) is 12.6. The Hall–Kier alpha value is -2.89. The van der Waals surface area contributed by atoms with Crippen LogP contribution in [-0.4, -0.2) is 29.1 Å². The molecule has 6 heteroatoms. The highest BCUT2D eigenvalue weighted by Gasteiger charge is 2.07. The van der Waals surface area contributed by atoms with E-state index in [0.717, 1.165) is 16.5 Å². The van der Waals surface area contributed by atoms with Gasteiger partial charge in [0.2, 0.25) is 11.9 Å². The summed E-state index contributed by atoms with van der Waals surface area (Å²) in [6.07, 6.45) is 0. The first-order chi connectivity index (χ1) is 10.3. The van der Waals surface area contributed by atoms with E-state index in [-0.39, 0.29) is 6.01 Å². The van der Waals surface area contributed by atoms with Gasteiger partial charge in [0.1, 0.15) is 0 Å². The van der Waals surface area contributed by atoms with Crippen molar-refractivity contribution in [3.63, 3.8) is 0 Å². The van der Waals surface area contributed by atoms with Crippen molar-refractivity contribution in [2.24, 2.45) is 0 Å². The molecule has 1 heterocycles. The van der Waals surface area contributed by atoms with Crippen LogP contribution < -0.4 is 15.4 Å². The largest absolute Gasteiger partial charge is 0.467 e. The van der Waals surface area contributed by atoms with Gasteiger partial charge in [0, 0.05) is 18.1 Å². The van der Waals surface area contributed by atoms with Crippen molar-refractivity contribution in [2.45, 2.75) is 0 Å². The molecule has 21 heavy (non-hydrogen) atoms. The maximum Gasteiger partial charge on any atom is 0.322 e. The molecule has 0 saturated heterocycles. The number of methoxy groups -OCH3 is 1. The number of fused-ring (bicyclic) bond motifs is 1. The van der Waals surface area contributed by atoms with Crippen molar-refractivity contribution in [1.82, 2.24) is 15.0 Å². The maximum absolute atomic E-state index is 5.08. The summed E-state index contributed by atoms with van der Waals surface area (Å²) in [6.45, 7) is 0. The average molecular weight is 281 g/mol. The Morgan fingerprint density at radius 1 is 0.905 bits per heavy atom. The van der Waals surface area contributed by atoms with Crippen LogP contribution in [0.1, 0.15) is 0 Å². The van der Waals surface area contributed by atoms with Gasteiger partial charge in [0.15, 0.2) is 0 Å². The molecule has 0 amide bonds. The van der Waals surface area contributed by atoms with E-state index in [4.69, 9.17) is 4.74 Å². The van der Waals surface area contributed by atoms with E-state index in [9.17, 15) is 0 Å². The van der Waals surface area contributed by atoms with E-state index >= 15 is 0 Å². The van der Waals surface area contributed by atoms with Crippen molar-refractivity contribution in [3.8, 4) is 6.01 Å². The summed E-state index contributed by atoms with van der Waals surface area (Å²) in [7, 11) is 3.27. The van der Waals surface area contributed by atoms with Crippen molar-refractivity contribution in [1.29, 1.82) is 0 Å². The molecule has 0 spiro atoms. The molecule has 3 rings (SSSR count). The van der Waals surface area contributed by atoms with Crippen LogP contribution in [0.15, 0.2) is 42.5 Å². The molecule has 0 aliphatic heterocycles. The second-order valence-corrected chi connectivity index (χ2v) is 4.37. The van der Waals surface area contributed by atoms with Crippen LogP contribution in [0.3, 0.4) is 0 Å². The van der Waals surface area contributed by atoms with Gasteiger partial charge in [0.25, 0.3) is 0 Å². The molecule has 0 atom stereocenters. The fourth-order valence-electron chi connectivity index (χ4n) is 2.07. The van der Waals surface area contributed by atoms with Crippen LogP contribution in [0.2, 0.25) is 0 Å². The fourth-order valence-corrected chi connectivity index (χ4v) is 2.07. The van der Waals surface area contributed by atoms with Gasteiger partial charge in [-0.2, -0.15) is 15.0 Å². The van der Waals surface area contributed by atoms with Crippen LogP contribution >= 0.6 is 0 Å². The minimum Gasteiger partial charge on any atom is -0.467 e. The zero-order chi connectivity index (χ0) is 14.7. The molecule has 0 fully saturated rings. The Labute approximate surface area is 122 Å².